The Kier molecular flexibility index (Phi) is 4.35. The summed E-state index contributed by atoms with van der Waals surface area (Å²) in [6, 6.07) is 18.7. The zero-order chi connectivity index (χ0) is 16.4. The first-order chi connectivity index (χ1) is 11.1. The van der Waals surface area contributed by atoms with Gasteiger partial charge in [-0.3, -0.25) is 0 Å². The van der Waals surface area contributed by atoms with Crippen LogP contribution in [0.15, 0.2) is 67.3 Å². The van der Waals surface area contributed by atoms with Gasteiger partial charge in [0.15, 0.2) is 0 Å². The molecule has 1 N–H and O–H groups in total. The molecule has 2 aromatic carbocycles. The zero-order valence-electron chi connectivity index (χ0n) is 13.7. The summed E-state index contributed by atoms with van der Waals surface area (Å²) in [7, 11) is 0. The van der Waals surface area contributed by atoms with Crippen molar-refractivity contribution in [3.63, 3.8) is 0 Å². The van der Waals surface area contributed by atoms with E-state index in [2.05, 4.69) is 55.3 Å². The number of benzene rings is 2. The maximum Gasteiger partial charge on any atom is 0.0969 e. The molecular formula is C21H23NO. The number of allylic oxidation sites excluding steroid dienone is 1. The fourth-order valence-electron chi connectivity index (χ4n) is 3.18. The van der Waals surface area contributed by atoms with E-state index in [4.69, 9.17) is 0 Å². The fraction of sp³-hybridized carbons (Fsp3) is 0.238. The maximum absolute atomic E-state index is 10.9. The Balaban J connectivity index is 2.40. The van der Waals surface area contributed by atoms with Crippen LogP contribution >= 0.6 is 0 Å². The van der Waals surface area contributed by atoms with Crippen LogP contribution in [0.4, 0.5) is 0 Å². The molecule has 0 saturated heterocycles. The van der Waals surface area contributed by atoms with Crippen LogP contribution in [0.1, 0.15) is 25.6 Å². The highest BCUT2D eigenvalue weighted by atomic mass is 16.3. The fourth-order valence-corrected chi connectivity index (χ4v) is 3.18. The number of hydrogen-bond acceptors (Lipinski definition) is 1. The van der Waals surface area contributed by atoms with Gasteiger partial charge in [0.1, 0.15) is 0 Å². The minimum absolute atomic E-state index is 0.144. The minimum atomic E-state index is -0.516. The summed E-state index contributed by atoms with van der Waals surface area (Å²) in [6.07, 6.45) is 1.37. The number of rotatable bonds is 5. The van der Waals surface area contributed by atoms with Gasteiger partial charge in [-0.1, -0.05) is 68.5 Å². The predicted molar refractivity (Wildman–Crippen MR) is 97.4 cm³/mol. The van der Waals surface area contributed by atoms with E-state index in [9.17, 15) is 5.11 Å². The third-order valence-corrected chi connectivity index (χ3v) is 4.30. The monoisotopic (exact) mass is 305 g/mol. The molecule has 1 aromatic heterocycles. The van der Waals surface area contributed by atoms with Gasteiger partial charge >= 0.3 is 0 Å². The van der Waals surface area contributed by atoms with Crippen LogP contribution in [0.2, 0.25) is 0 Å². The van der Waals surface area contributed by atoms with E-state index in [0.717, 1.165) is 22.3 Å². The van der Waals surface area contributed by atoms with Crippen LogP contribution in [0.3, 0.4) is 0 Å². The van der Waals surface area contributed by atoms with Crippen molar-refractivity contribution in [2.45, 2.75) is 26.5 Å². The summed E-state index contributed by atoms with van der Waals surface area (Å²) in [5.74, 6) is 0.144. The van der Waals surface area contributed by atoms with Crippen molar-refractivity contribution in [2.24, 2.45) is 5.92 Å². The van der Waals surface area contributed by atoms with Gasteiger partial charge in [-0.15, -0.1) is 6.58 Å². The molecule has 2 nitrogen and oxygen atoms in total. The van der Waals surface area contributed by atoms with Crippen molar-refractivity contribution in [1.29, 1.82) is 0 Å². The van der Waals surface area contributed by atoms with Crippen molar-refractivity contribution < 1.29 is 5.11 Å². The average molecular weight is 305 g/mol. The number of aliphatic hydroxyl groups is 1. The van der Waals surface area contributed by atoms with E-state index >= 15 is 0 Å². The van der Waals surface area contributed by atoms with Crippen LogP contribution < -0.4 is 0 Å². The van der Waals surface area contributed by atoms with Crippen molar-refractivity contribution in [3.05, 3.63) is 72.9 Å². The third-order valence-electron chi connectivity index (χ3n) is 4.30. The minimum Gasteiger partial charge on any atom is -0.387 e. The van der Waals surface area contributed by atoms with E-state index in [-0.39, 0.29) is 5.92 Å². The molecule has 0 aliphatic rings. The van der Waals surface area contributed by atoms with Crippen LogP contribution in [0.5, 0.6) is 0 Å². The van der Waals surface area contributed by atoms with Gasteiger partial charge < -0.3 is 9.67 Å². The molecule has 118 valence electrons. The van der Waals surface area contributed by atoms with Gasteiger partial charge in [-0.25, -0.2) is 0 Å². The highest BCUT2D eigenvalue weighted by Crippen LogP contribution is 2.40. The Morgan fingerprint density at radius 2 is 1.70 bits per heavy atom. The Morgan fingerprint density at radius 3 is 2.35 bits per heavy atom. The van der Waals surface area contributed by atoms with Crippen molar-refractivity contribution in [2.75, 3.05) is 0 Å². The van der Waals surface area contributed by atoms with E-state index in [1.807, 2.05) is 30.3 Å². The summed E-state index contributed by atoms with van der Waals surface area (Å²) in [6.45, 7) is 8.68. The van der Waals surface area contributed by atoms with Gasteiger partial charge in [-0.05, 0) is 17.5 Å². The third kappa shape index (κ3) is 2.71. The smallest absolute Gasteiger partial charge is 0.0969 e. The van der Waals surface area contributed by atoms with Gasteiger partial charge in [-0.2, -0.15) is 0 Å². The molecule has 0 aliphatic carbocycles. The molecule has 0 bridgehead atoms. The zero-order valence-corrected chi connectivity index (χ0v) is 13.7. The lowest BCUT2D eigenvalue weighted by atomic mass is 9.95. The molecule has 23 heavy (non-hydrogen) atoms. The molecule has 1 atom stereocenters. The van der Waals surface area contributed by atoms with Crippen molar-refractivity contribution in [3.8, 4) is 11.1 Å². The van der Waals surface area contributed by atoms with E-state index < -0.39 is 6.10 Å². The summed E-state index contributed by atoms with van der Waals surface area (Å²) in [5.41, 5.74) is 4.39. The number of fused-ring (bicyclic) bond motifs is 1. The Morgan fingerprint density at radius 1 is 1.04 bits per heavy atom. The quantitative estimate of drug-likeness (QED) is 0.645. The normalized spacial score (nSPS) is 12.7. The van der Waals surface area contributed by atoms with Crippen molar-refractivity contribution in [1.82, 2.24) is 4.57 Å². The largest absolute Gasteiger partial charge is 0.387 e. The first-order valence-electron chi connectivity index (χ1n) is 8.10. The van der Waals surface area contributed by atoms with E-state index in [0.29, 0.717) is 6.54 Å². The van der Waals surface area contributed by atoms with Gasteiger partial charge in [0, 0.05) is 23.0 Å². The Hall–Kier alpha value is -2.32. The first-order valence-corrected chi connectivity index (χ1v) is 8.10. The molecule has 0 aliphatic heterocycles. The number of aliphatic hydroxyl groups excluding tert-OH is 1. The van der Waals surface area contributed by atoms with Gasteiger partial charge in [0.2, 0.25) is 0 Å². The summed E-state index contributed by atoms with van der Waals surface area (Å²) in [4.78, 5) is 0. The summed E-state index contributed by atoms with van der Waals surface area (Å²) in [5, 5.41) is 12.1. The lowest BCUT2D eigenvalue weighted by Gasteiger charge is -2.20. The number of nitrogens with zero attached hydrogens (tertiary/aromatic N) is 1. The maximum atomic E-state index is 10.9. The van der Waals surface area contributed by atoms with E-state index in [1.54, 1.807) is 0 Å². The molecule has 3 rings (SSSR count). The topological polar surface area (TPSA) is 25.2 Å². The van der Waals surface area contributed by atoms with Gasteiger partial charge in [0.25, 0.3) is 0 Å². The number of para-hydroxylation sites is 1. The number of hydrogen-bond donors (Lipinski definition) is 1. The van der Waals surface area contributed by atoms with Gasteiger partial charge in [0.05, 0.1) is 11.8 Å². The van der Waals surface area contributed by atoms with E-state index in [1.165, 1.54) is 5.39 Å². The molecule has 3 aromatic rings. The molecule has 1 heterocycles. The Labute approximate surface area is 137 Å². The average Bonchev–Trinajstić information content (AvgIpc) is 2.90. The highest BCUT2D eigenvalue weighted by Gasteiger charge is 2.25. The predicted octanol–water partition coefficient (Wildman–Crippen LogP) is 5.18. The lowest BCUT2D eigenvalue weighted by molar-refractivity contribution is 0.120. The summed E-state index contributed by atoms with van der Waals surface area (Å²) < 4.78 is 2.19. The highest BCUT2D eigenvalue weighted by molar-refractivity contribution is 5.98. The summed E-state index contributed by atoms with van der Waals surface area (Å²) >= 11 is 0. The molecule has 0 saturated carbocycles. The van der Waals surface area contributed by atoms with Crippen molar-refractivity contribution >= 4 is 10.9 Å². The van der Waals surface area contributed by atoms with Crippen LogP contribution in [-0.4, -0.2) is 9.67 Å². The Bertz CT molecular complexity index is 814. The molecule has 0 spiro atoms. The second-order valence-corrected chi connectivity index (χ2v) is 6.23. The molecule has 2 heteroatoms. The molecule has 0 amide bonds. The molecule has 0 radical (unpaired) electrons. The van der Waals surface area contributed by atoms with Crippen LogP contribution in [-0.2, 0) is 6.54 Å². The second-order valence-electron chi connectivity index (χ2n) is 6.23. The molecular weight excluding hydrogens is 282 g/mol. The molecule has 1 unspecified atom stereocenters. The molecule has 0 fully saturated rings. The second kappa shape index (κ2) is 6.43. The lowest BCUT2D eigenvalue weighted by Crippen LogP contribution is -2.13. The standard InChI is InChI=1S/C21H23NO/c1-4-14-22-18-13-9-8-12-17(18)19(16-10-6-5-7-11-16)20(22)21(23)15(2)3/h4-13,15,21,23H,1,14H2,2-3H3. The SMILES string of the molecule is C=CCn1c(C(O)C(C)C)c(-c2ccccc2)c2ccccc21. The van der Waals surface area contributed by atoms with Crippen LogP contribution in [0.25, 0.3) is 22.0 Å². The first kappa shape index (κ1) is 15.6. The van der Waals surface area contributed by atoms with Crippen LogP contribution in [0, 0.1) is 5.92 Å². The number of aromatic nitrogens is 1.